The monoisotopic (exact) mass is 468 g/mol. The molecule has 1 aromatic rings. The molecule has 1 saturated heterocycles. The Bertz CT molecular complexity index is 606. The number of rotatable bonds is 4. The van der Waals surface area contributed by atoms with E-state index in [9.17, 15) is 13.2 Å². The molecule has 140 valence electrons. The average Bonchev–Trinajstić information content (AvgIpc) is 2.92. The molecule has 2 N–H and O–H groups in total. The Morgan fingerprint density at radius 3 is 2.76 bits per heavy atom. The number of hydrogen-bond donors (Lipinski definition) is 2. The van der Waals surface area contributed by atoms with Gasteiger partial charge in [0.05, 0.1) is 6.54 Å². The first-order valence-corrected chi connectivity index (χ1v) is 8.28. The third kappa shape index (κ3) is 5.47. The SMILES string of the molecule is CN=C(NCC1Cc2ccccc21)NC1CCN(CC(F)(F)F)C1.I. The lowest BCUT2D eigenvalue weighted by Gasteiger charge is -2.31. The summed E-state index contributed by atoms with van der Waals surface area (Å²) in [5, 5.41) is 6.54. The minimum Gasteiger partial charge on any atom is -0.356 e. The van der Waals surface area contributed by atoms with Gasteiger partial charge in [-0.1, -0.05) is 24.3 Å². The van der Waals surface area contributed by atoms with Gasteiger partial charge in [-0.25, -0.2) is 0 Å². The number of alkyl halides is 3. The molecule has 0 saturated carbocycles. The van der Waals surface area contributed by atoms with Gasteiger partial charge in [0.1, 0.15) is 0 Å². The van der Waals surface area contributed by atoms with Crippen LogP contribution in [0.3, 0.4) is 0 Å². The molecule has 0 aromatic heterocycles. The van der Waals surface area contributed by atoms with Crippen LogP contribution in [0, 0.1) is 0 Å². The van der Waals surface area contributed by atoms with E-state index >= 15 is 0 Å². The van der Waals surface area contributed by atoms with Crippen molar-refractivity contribution in [3.63, 3.8) is 0 Å². The molecule has 2 atom stereocenters. The summed E-state index contributed by atoms with van der Waals surface area (Å²) in [6.45, 7) is 0.808. The number of benzene rings is 1. The van der Waals surface area contributed by atoms with Crippen molar-refractivity contribution in [3.05, 3.63) is 35.4 Å². The second-order valence-corrected chi connectivity index (χ2v) is 6.53. The zero-order valence-electron chi connectivity index (χ0n) is 14.1. The average molecular weight is 468 g/mol. The molecule has 4 nitrogen and oxygen atoms in total. The minimum atomic E-state index is -4.13. The van der Waals surface area contributed by atoms with Crippen molar-refractivity contribution in [1.29, 1.82) is 0 Å². The van der Waals surface area contributed by atoms with Crippen LogP contribution >= 0.6 is 24.0 Å². The highest BCUT2D eigenvalue weighted by Crippen LogP contribution is 2.33. The zero-order chi connectivity index (χ0) is 17.2. The molecule has 8 heteroatoms. The number of aliphatic imine (C=N–C) groups is 1. The Hall–Kier alpha value is -1.03. The van der Waals surface area contributed by atoms with Gasteiger partial charge in [0.15, 0.2) is 5.96 Å². The summed E-state index contributed by atoms with van der Waals surface area (Å²) in [5.41, 5.74) is 2.77. The Morgan fingerprint density at radius 2 is 2.08 bits per heavy atom. The fourth-order valence-corrected chi connectivity index (χ4v) is 3.50. The third-order valence-electron chi connectivity index (χ3n) is 4.72. The smallest absolute Gasteiger partial charge is 0.356 e. The Labute approximate surface area is 163 Å². The van der Waals surface area contributed by atoms with E-state index in [0.29, 0.717) is 31.4 Å². The lowest BCUT2D eigenvalue weighted by atomic mass is 9.78. The molecule has 1 fully saturated rings. The number of guanidine groups is 1. The van der Waals surface area contributed by atoms with Crippen LogP contribution in [0.25, 0.3) is 0 Å². The number of fused-ring (bicyclic) bond motifs is 1. The minimum absolute atomic E-state index is 0. The van der Waals surface area contributed by atoms with Crippen LogP contribution in [0.2, 0.25) is 0 Å². The van der Waals surface area contributed by atoms with E-state index in [2.05, 4.69) is 33.8 Å². The van der Waals surface area contributed by atoms with E-state index in [4.69, 9.17) is 0 Å². The van der Waals surface area contributed by atoms with Crippen molar-refractivity contribution in [2.45, 2.75) is 31.0 Å². The first-order valence-electron chi connectivity index (χ1n) is 8.28. The molecular weight excluding hydrogens is 444 g/mol. The first-order chi connectivity index (χ1) is 11.4. The normalized spacial score (nSPS) is 23.4. The van der Waals surface area contributed by atoms with Gasteiger partial charge < -0.3 is 10.6 Å². The van der Waals surface area contributed by atoms with Crippen molar-refractivity contribution in [1.82, 2.24) is 15.5 Å². The van der Waals surface area contributed by atoms with Crippen molar-refractivity contribution in [3.8, 4) is 0 Å². The fraction of sp³-hybridized carbons (Fsp3) is 0.588. The fourth-order valence-electron chi connectivity index (χ4n) is 3.50. The quantitative estimate of drug-likeness (QED) is 0.406. The number of nitrogens with one attached hydrogen (secondary N) is 2. The predicted octanol–water partition coefficient (Wildman–Crippen LogP) is 2.75. The Kier molecular flexibility index (Phi) is 6.95. The molecule has 0 spiro atoms. The second-order valence-electron chi connectivity index (χ2n) is 6.53. The topological polar surface area (TPSA) is 39.7 Å². The standard InChI is InChI=1S/C17H23F3N4.HI/c1-21-16(22-9-13-8-12-4-2-3-5-15(12)13)23-14-6-7-24(10-14)11-17(18,19)20;/h2-5,13-14H,6-11H2,1H3,(H2,21,22,23);1H. The summed E-state index contributed by atoms with van der Waals surface area (Å²) in [6.07, 6.45) is -2.38. The summed E-state index contributed by atoms with van der Waals surface area (Å²) >= 11 is 0. The molecule has 1 aliphatic heterocycles. The van der Waals surface area contributed by atoms with Crippen LogP contribution in [-0.2, 0) is 6.42 Å². The Balaban J connectivity index is 0.00000225. The predicted molar refractivity (Wildman–Crippen MR) is 104 cm³/mol. The van der Waals surface area contributed by atoms with Crippen LogP contribution in [-0.4, -0.2) is 56.3 Å². The van der Waals surface area contributed by atoms with Gasteiger partial charge in [-0.2, -0.15) is 13.2 Å². The molecular formula is C17H24F3IN4. The van der Waals surface area contributed by atoms with E-state index in [1.807, 2.05) is 6.07 Å². The summed E-state index contributed by atoms with van der Waals surface area (Å²) in [7, 11) is 1.69. The van der Waals surface area contributed by atoms with Crippen LogP contribution in [0.1, 0.15) is 23.5 Å². The van der Waals surface area contributed by atoms with E-state index in [0.717, 1.165) is 13.0 Å². The van der Waals surface area contributed by atoms with Crippen LogP contribution in [0.5, 0.6) is 0 Å². The molecule has 1 heterocycles. The van der Waals surface area contributed by atoms with Crippen molar-refractivity contribution in [2.24, 2.45) is 4.99 Å². The summed E-state index contributed by atoms with van der Waals surface area (Å²) in [4.78, 5) is 5.63. The highest BCUT2D eigenvalue weighted by Gasteiger charge is 2.34. The van der Waals surface area contributed by atoms with Crippen molar-refractivity contribution >= 4 is 29.9 Å². The molecule has 3 rings (SSSR count). The van der Waals surface area contributed by atoms with Gasteiger partial charge >= 0.3 is 6.18 Å². The molecule has 1 aliphatic carbocycles. The molecule has 0 radical (unpaired) electrons. The number of halogens is 4. The summed E-state index contributed by atoms with van der Waals surface area (Å²) < 4.78 is 37.3. The van der Waals surface area contributed by atoms with Crippen molar-refractivity contribution in [2.75, 3.05) is 33.2 Å². The molecule has 0 bridgehead atoms. The van der Waals surface area contributed by atoms with Crippen molar-refractivity contribution < 1.29 is 13.2 Å². The maximum Gasteiger partial charge on any atom is 0.401 e. The number of nitrogens with zero attached hydrogens (tertiary/aromatic N) is 2. The molecule has 25 heavy (non-hydrogen) atoms. The van der Waals surface area contributed by atoms with Gasteiger partial charge in [-0.3, -0.25) is 9.89 Å². The van der Waals surface area contributed by atoms with Crippen LogP contribution in [0.4, 0.5) is 13.2 Å². The zero-order valence-corrected chi connectivity index (χ0v) is 16.5. The molecule has 1 aromatic carbocycles. The van der Waals surface area contributed by atoms with E-state index in [-0.39, 0.29) is 30.0 Å². The maximum absolute atomic E-state index is 12.4. The number of hydrogen-bond acceptors (Lipinski definition) is 2. The van der Waals surface area contributed by atoms with Gasteiger partial charge in [0.25, 0.3) is 0 Å². The van der Waals surface area contributed by atoms with Gasteiger partial charge in [0.2, 0.25) is 0 Å². The summed E-state index contributed by atoms with van der Waals surface area (Å²) in [6, 6.07) is 8.40. The van der Waals surface area contributed by atoms with Crippen LogP contribution < -0.4 is 10.6 Å². The first kappa shape index (κ1) is 20.3. The molecule has 2 unspecified atom stereocenters. The van der Waals surface area contributed by atoms with Crippen LogP contribution in [0.15, 0.2) is 29.3 Å². The highest BCUT2D eigenvalue weighted by molar-refractivity contribution is 14.0. The molecule has 2 aliphatic rings. The van der Waals surface area contributed by atoms with E-state index < -0.39 is 12.7 Å². The van der Waals surface area contributed by atoms with E-state index in [1.54, 1.807) is 7.05 Å². The lowest BCUT2D eigenvalue weighted by Crippen LogP contribution is -2.46. The summed E-state index contributed by atoms with van der Waals surface area (Å²) in [5.74, 6) is 1.14. The Morgan fingerprint density at radius 1 is 1.32 bits per heavy atom. The van der Waals surface area contributed by atoms with E-state index in [1.165, 1.54) is 16.0 Å². The third-order valence-corrected chi connectivity index (χ3v) is 4.72. The van der Waals surface area contributed by atoms with Gasteiger partial charge in [-0.05, 0) is 24.0 Å². The second kappa shape index (κ2) is 8.57. The molecule has 0 amide bonds. The lowest BCUT2D eigenvalue weighted by molar-refractivity contribution is -0.143. The van der Waals surface area contributed by atoms with Gasteiger partial charge in [0, 0.05) is 38.6 Å². The van der Waals surface area contributed by atoms with Gasteiger partial charge in [-0.15, -0.1) is 24.0 Å². The largest absolute Gasteiger partial charge is 0.401 e. The maximum atomic E-state index is 12.4. The highest BCUT2D eigenvalue weighted by atomic mass is 127. The number of likely N-dealkylation sites (tertiary alicyclic amines) is 1.